The third kappa shape index (κ3) is 3.78. The Labute approximate surface area is 137 Å². The first kappa shape index (κ1) is 16.1. The van der Waals surface area contributed by atoms with Crippen LogP contribution in [0.2, 0.25) is 0 Å². The van der Waals surface area contributed by atoms with E-state index in [9.17, 15) is 4.79 Å². The molecule has 0 aromatic heterocycles. The van der Waals surface area contributed by atoms with Crippen LogP contribution < -0.4 is 15.2 Å². The Hall–Kier alpha value is -1.75. The molecule has 1 amide bonds. The normalized spacial score (nSPS) is 26.1. The van der Waals surface area contributed by atoms with E-state index in [-0.39, 0.29) is 24.0 Å². The molecule has 23 heavy (non-hydrogen) atoms. The second-order valence-corrected chi connectivity index (χ2v) is 6.55. The predicted molar refractivity (Wildman–Crippen MR) is 88.5 cm³/mol. The lowest BCUT2D eigenvalue weighted by Crippen LogP contribution is -2.45. The lowest BCUT2D eigenvalue weighted by Gasteiger charge is -2.32. The monoisotopic (exact) mass is 318 g/mol. The average molecular weight is 318 g/mol. The van der Waals surface area contributed by atoms with Gasteiger partial charge >= 0.3 is 0 Å². The van der Waals surface area contributed by atoms with Crippen LogP contribution in [0.4, 0.5) is 0 Å². The van der Waals surface area contributed by atoms with E-state index in [1.165, 1.54) is 0 Å². The van der Waals surface area contributed by atoms with Crippen LogP contribution in [0.3, 0.4) is 0 Å². The summed E-state index contributed by atoms with van der Waals surface area (Å²) in [5, 5.41) is 0. The molecule has 1 aromatic rings. The lowest BCUT2D eigenvalue weighted by molar-refractivity contribution is -0.137. The van der Waals surface area contributed by atoms with E-state index in [2.05, 4.69) is 6.92 Å². The fraction of sp³-hybridized carbons (Fsp3) is 0.611. The highest BCUT2D eigenvalue weighted by atomic mass is 16.6. The van der Waals surface area contributed by atoms with Gasteiger partial charge in [0.25, 0.3) is 0 Å². The summed E-state index contributed by atoms with van der Waals surface area (Å²) in [5.74, 6) is 1.84. The SMILES string of the molecule is CCCN(CC1COc2ccccc2O1)C(=O)C1CCC(N)C1. The van der Waals surface area contributed by atoms with Gasteiger partial charge in [0.2, 0.25) is 5.91 Å². The highest BCUT2D eigenvalue weighted by Crippen LogP contribution is 2.31. The maximum atomic E-state index is 12.8. The third-order valence-electron chi connectivity index (χ3n) is 4.62. The number of para-hydroxylation sites is 2. The number of hydrogen-bond donors (Lipinski definition) is 1. The summed E-state index contributed by atoms with van der Waals surface area (Å²) in [5.41, 5.74) is 5.96. The third-order valence-corrected chi connectivity index (χ3v) is 4.62. The fourth-order valence-corrected chi connectivity index (χ4v) is 3.46. The van der Waals surface area contributed by atoms with Crippen LogP contribution in [-0.4, -0.2) is 42.6 Å². The zero-order chi connectivity index (χ0) is 16.2. The number of rotatable bonds is 5. The van der Waals surface area contributed by atoms with Gasteiger partial charge in [-0.1, -0.05) is 19.1 Å². The molecule has 126 valence electrons. The minimum atomic E-state index is -0.115. The number of amides is 1. The number of nitrogens with zero attached hydrogens (tertiary/aromatic N) is 1. The number of carbonyl (C=O) groups is 1. The zero-order valence-electron chi connectivity index (χ0n) is 13.7. The van der Waals surface area contributed by atoms with E-state index in [1.54, 1.807) is 0 Å². The summed E-state index contributed by atoms with van der Waals surface area (Å²) in [4.78, 5) is 14.7. The molecule has 1 aliphatic heterocycles. The highest BCUT2D eigenvalue weighted by Gasteiger charge is 2.32. The molecule has 3 atom stereocenters. The minimum Gasteiger partial charge on any atom is -0.486 e. The van der Waals surface area contributed by atoms with Crippen molar-refractivity contribution in [3.05, 3.63) is 24.3 Å². The first-order valence-corrected chi connectivity index (χ1v) is 8.60. The van der Waals surface area contributed by atoms with Gasteiger partial charge in [0, 0.05) is 18.5 Å². The zero-order valence-corrected chi connectivity index (χ0v) is 13.7. The van der Waals surface area contributed by atoms with Gasteiger partial charge in [-0.3, -0.25) is 4.79 Å². The standard InChI is InChI=1S/C18H26N2O3/c1-2-9-20(18(21)13-7-8-14(19)10-13)11-15-12-22-16-5-3-4-6-17(16)23-15/h3-6,13-15H,2,7-12,19H2,1H3. The summed E-state index contributed by atoms with van der Waals surface area (Å²) < 4.78 is 11.8. The molecule has 1 heterocycles. The Kier molecular flexibility index (Phi) is 5.06. The Morgan fingerprint density at radius 2 is 2.09 bits per heavy atom. The van der Waals surface area contributed by atoms with Crippen molar-refractivity contribution < 1.29 is 14.3 Å². The molecule has 5 nitrogen and oxygen atoms in total. The van der Waals surface area contributed by atoms with Crippen molar-refractivity contribution in [1.82, 2.24) is 4.90 Å². The molecule has 2 aliphatic rings. The molecular formula is C18H26N2O3. The number of nitrogens with two attached hydrogens (primary N) is 1. The number of benzene rings is 1. The van der Waals surface area contributed by atoms with E-state index >= 15 is 0 Å². The maximum Gasteiger partial charge on any atom is 0.225 e. The van der Waals surface area contributed by atoms with Crippen molar-refractivity contribution in [3.63, 3.8) is 0 Å². The average Bonchev–Trinajstić information content (AvgIpc) is 3.00. The van der Waals surface area contributed by atoms with E-state index in [4.69, 9.17) is 15.2 Å². The highest BCUT2D eigenvalue weighted by molar-refractivity contribution is 5.79. The van der Waals surface area contributed by atoms with Crippen molar-refractivity contribution in [2.45, 2.75) is 44.8 Å². The topological polar surface area (TPSA) is 64.8 Å². The Morgan fingerprint density at radius 1 is 1.30 bits per heavy atom. The van der Waals surface area contributed by atoms with E-state index in [0.717, 1.165) is 43.7 Å². The van der Waals surface area contributed by atoms with Gasteiger partial charge in [-0.2, -0.15) is 0 Å². The van der Waals surface area contributed by atoms with Gasteiger partial charge in [-0.15, -0.1) is 0 Å². The van der Waals surface area contributed by atoms with Crippen molar-refractivity contribution in [2.24, 2.45) is 11.7 Å². The fourth-order valence-electron chi connectivity index (χ4n) is 3.46. The number of ether oxygens (including phenoxy) is 2. The molecule has 3 unspecified atom stereocenters. The van der Waals surface area contributed by atoms with Crippen molar-refractivity contribution in [1.29, 1.82) is 0 Å². The second-order valence-electron chi connectivity index (χ2n) is 6.55. The van der Waals surface area contributed by atoms with Crippen LogP contribution in [-0.2, 0) is 4.79 Å². The molecule has 0 saturated heterocycles. The number of hydrogen-bond acceptors (Lipinski definition) is 4. The molecule has 5 heteroatoms. The van der Waals surface area contributed by atoms with Crippen LogP contribution in [0.1, 0.15) is 32.6 Å². The van der Waals surface area contributed by atoms with Crippen molar-refractivity contribution in [3.8, 4) is 11.5 Å². The molecule has 0 spiro atoms. The van der Waals surface area contributed by atoms with Gasteiger partial charge < -0.3 is 20.1 Å². The quantitative estimate of drug-likeness (QED) is 0.904. The number of fused-ring (bicyclic) bond motifs is 1. The molecule has 3 rings (SSSR count). The van der Waals surface area contributed by atoms with Gasteiger partial charge in [0.15, 0.2) is 17.6 Å². The largest absolute Gasteiger partial charge is 0.486 e. The first-order valence-electron chi connectivity index (χ1n) is 8.60. The van der Waals surface area contributed by atoms with Crippen LogP contribution in [0, 0.1) is 5.92 Å². The Balaban J connectivity index is 1.62. The predicted octanol–water partition coefficient (Wildman–Crippen LogP) is 2.19. The molecule has 1 saturated carbocycles. The Morgan fingerprint density at radius 3 is 2.78 bits per heavy atom. The van der Waals surface area contributed by atoms with Crippen molar-refractivity contribution in [2.75, 3.05) is 19.7 Å². The van der Waals surface area contributed by atoms with Crippen molar-refractivity contribution >= 4 is 5.91 Å². The van der Waals surface area contributed by atoms with Crippen LogP contribution in [0.15, 0.2) is 24.3 Å². The molecule has 0 bridgehead atoms. The minimum absolute atomic E-state index is 0.0772. The van der Waals surface area contributed by atoms with Crippen LogP contribution in [0.5, 0.6) is 11.5 Å². The summed E-state index contributed by atoms with van der Waals surface area (Å²) in [6.45, 7) is 3.90. The lowest BCUT2D eigenvalue weighted by atomic mass is 10.1. The summed E-state index contributed by atoms with van der Waals surface area (Å²) in [6.07, 6.45) is 3.49. The molecule has 0 radical (unpaired) electrons. The van der Waals surface area contributed by atoms with Crippen LogP contribution >= 0.6 is 0 Å². The van der Waals surface area contributed by atoms with Crippen LogP contribution in [0.25, 0.3) is 0 Å². The van der Waals surface area contributed by atoms with E-state index in [0.29, 0.717) is 13.2 Å². The summed E-state index contributed by atoms with van der Waals surface area (Å²) in [7, 11) is 0. The molecule has 1 fully saturated rings. The van der Waals surface area contributed by atoms with E-state index < -0.39 is 0 Å². The molecule has 1 aromatic carbocycles. The van der Waals surface area contributed by atoms with E-state index in [1.807, 2.05) is 29.2 Å². The van der Waals surface area contributed by atoms with Gasteiger partial charge in [0.1, 0.15) is 6.61 Å². The maximum absolute atomic E-state index is 12.8. The molecular weight excluding hydrogens is 292 g/mol. The molecule has 1 aliphatic carbocycles. The smallest absolute Gasteiger partial charge is 0.225 e. The summed E-state index contributed by atoms with van der Waals surface area (Å²) >= 11 is 0. The van der Waals surface area contributed by atoms with Gasteiger partial charge in [-0.05, 0) is 37.8 Å². The Bertz CT molecular complexity index is 549. The first-order chi connectivity index (χ1) is 11.2. The molecule has 2 N–H and O–H groups in total. The van der Waals surface area contributed by atoms with Gasteiger partial charge in [-0.25, -0.2) is 0 Å². The second kappa shape index (κ2) is 7.21. The number of carbonyl (C=O) groups excluding carboxylic acids is 1. The van der Waals surface area contributed by atoms with Gasteiger partial charge in [0.05, 0.1) is 6.54 Å². The summed E-state index contributed by atoms with van der Waals surface area (Å²) in [6, 6.07) is 7.84.